The summed E-state index contributed by atoms with van der Waals surface area (Å²) in [6.07, 6.45) is 3.46. The zero-order valence-corrected chi connectivity index (χ0v) is 12.1. The van der Waals surface area contributed by atoms with Crippen molar-refractivity contribution in [1.82, 2.24) is 10.2 Å². The molecule has 2 aliphatic rings. The van der Waals surface area contributed by atoms with Gasteiger partial charge in [0.05, 0.1) is 6.61 Å². The van der Waals surface area contributed by atoms with E-state index >= 15 is 0 Å². The maximum Gasteiger partial charge on any atom is 0.106 e. The Morgan fingerprint density at radius 2 is 1.94 bits per heavy atom. The SMILES string of the molecule is COC1(CN2CCC(C)NC(C)CC2)CCOC1. The first-order valence-corrected chi connectivity index (χ1v) is 7.25. The van der Waals surface area contributed by atoms with E-state index in [1.807, 2.05) is 7.11 Å². The van der Waals surface area contributed by atoms with Crippen LogP contribution < -0.4 is 5.32 Å². The Hall–Kier alpha value is -0.160. The summed E-state index contributed by atoms with van der Waals surface area (Å²) < 4.78 is 11.3. The Morgan fingerprint density at radius 1 is 1.28 bits per heavy atom. The highest BCUT2D eigenvalue weighted by Gasteiger charge is 2.36. The molecular formula is C14H28N2O2. The van der Waals surface area contributed by atoms with Gasteiger partial charge in [0.2, 0.25) is 0 Å². The van der Waals surface area contributed by atoms with E-state index in [0.717, 1.165) is 39.3 Å². The predicted molar refractivity (Wildman–Crippen MR) is 72.9 cm³/mol. The van der Waals surface area contributed by atoms with Crippen molar-refractivity contribution in [3.63, 3.8) is 0 Å². The van der Waals surface area contributed by atoms with Gasteiger partial charge < -0.3 is 19.7 Å². The molecule has 0 aromatic heterocycles. The quantitative estimate of drug-likeness (QED) is 0.824. The van der Waals surface area contributed by atoms with Gasteiger partial charge in [0.25, 0.3) is 0 Å². The minimum Gasteiger partial charge on any atom is -0.378 e. The average Bonchev–Trinajstić information content (AvgIpc) is 2.80. The summed E-state index contributed by atoms with van der Waals surface area (Å²) in [4.78, 5) is 2.56. The zero-order valence-electron chi connectivity index (χ0n) is 12.1. The van der Waals surface area contributed by atoms with Crippen LogP contribution >= 0.6 is 0 Å². The molecule has 0 spiro atoms. The van der Waals surface area contributed by atoms with E-state index in [4.69, 9.17) is 9.47 Å². The largest absolute Gasteiger partial charge is 0.378 e. The third kappa shape index (κ3) is 3.67. The van der Waals surface area contributed by atoms with Crippen LogP contribution in [-0.4, -0.2) is 62.5 Å². The van der Waals surface area contributed by atoms with Crippen molar-refractivity contribution in [3.8, 4) is 0 Å². The molecule has 2 fully saturated rings. The van der Waals surface area contributed by atoms with E-state index in [1.165, 1.54) is 12.8 Å². The van der Waals surface area contributed by atoms with Crippen molar-refractivity contribution < 1.29 is 9.47 Å². The summed E-state index contributed by atoms with van der Waals surface area (Å²) in [5.41, 5.74) is -0.0564. The van der Waals surface area contributed by atoms with Gasteiger partial charge in [-0.25, -0.2) is 0 Å². The molecule has 106 valence electrons. The third-order valence-corrected chi connectivity index (χ3v) is 4.34. The smallest absolute Gasteiger partial charge is 0.106 e. The molecule has 0 aliphatic carbocycles. The summed E-state index contributed by atoms with van der Waals surface area (Å²) in [6.45, 7) is 9.50. The van der Waals surface area contributed by atoms with Gasteiger partial charge in [-0.2, -0.15) is 0 Å². The van der Waals surface area contributed by atoms with E-state index < -0.39 is 0 Å². The van der Waals surface area contributed by atoms with Crippen LogP contribution in [0.2, 0.25) is 0 Å². The lowest BCUT2D eigenvalue weighted by molar-refractivity contribution is -0.0426. The lowest BCUT2D eigenvalue weighted by Gasteiger charge is -2.36. The maximum absolute atomic E-state index is 5.74. The second-order valence-corrected chi connectivity index (χ2v) is 6.01. The molecule has 2 heterocycles. The molecule has 3 unspecified atom stereocenters. The topological polar surface area (TPSA) is 33.7 Å². The maximum atomic E-state index is 5.74. The summed E-state index contributed by atoms with van der Waals surface area (Å²) in [5.74, 6) is 0. The second kappa shape index (κ2) is 6.33. The van der Waals surface area contributed by atoms with Crippen LogP contribution in [0.4, 0.5) is 0 Å². The molecule has 4 heteroatoms. The minimum atomic E-state index is -0.0564. The zero-order chi connectivity index (χ0) is 13.0. The summed E-state index contributed by atoms with van der Waals surface area (Å²) >= 11 is 0. The molecule has 3 atom stereocenters. The number of nitrogens with zero attached hydrogens (tertiary/aromatic N) is 1. The van der Waals surface area contributed by atoms with Crippen molar-refractivity contribution in [2.24, 2.45) is 0 Å². The Labute approximate surface area is 111 Å². The molecule has 0 bridgehead atoms. The van der Waals surface area contributed by atoms with Crippen molar-refractivity contribution in [3.05, 3.63) is 0 Å². The Morgan fingerprint density at radius 3 is 2.44 bits per heavy atom. The summed E-state index contributed by atoms with van der Waals surface area (Å²) in [7, 11) is 1.82. The minimum absolute atomic E-state index is 0.0564. The van der Waals surface area contributed by atoms with Crippen LogP contribution in [0.25, 0.3) is 0 Å². The van der Waals surface area contributed by atoms with Crippen LogP contribution in [0, 0.1) is 0 Å². The number of hydrogen-bond donors (Lipinski definition) is 1. The molecule has 18 heavy (non-hydrogen) atoms. The van der Waals surface area contributed by atoms with Crippen LogP contribution in [0.15, 0.2) is 0 Å². The number of ether oxygens (including phenoxy) is 2. The molecule has 0 aromatic carbocycles. The fourth-order valence-electron chi connectivity index (χ4n) is 3.02. The molecule has 0 amide bonds. The van der Waals surface area contributed by atoms with Crippen molar-refractivity contribution in [2.75, 3.05) is 40.0 Å². The van der Waals surface area contributed by atoms with Gasteiger partial charge in [0, 0.05) is 38.8 Å². The molecule has 4 nitrogen and oxygen atoms in total. The van der Waals surface area contributed by atoms with Gasteiger partial charge in [0.1, 0.15) is 5.60 Å². The first kappa shape index (κ1) is 14.3. The highest BCUT2D eigenvalue weighted by molar-refractivity contribution is 4.89. The van der Waals surface area contributed by atoms with E-state index in [2.05, 4.69) is 24.1 Å². The van der Waals surface area contributed by atoms with E-state index in [0.29, 0.717) is 12.1 Å². The standard InChI is InChI=1S/C14H28N2O2/c1-12-4-7-16(8-5-13(2)15-12)10-14(17-3)6-9-18-11-14/h12-13,15H,4-11H2,1-3H3. The van der Waals surface area contributed by atoms with Gasteiger partial charge in [-0.1, -0.05) is 0 Å². The van der Waals surface area contributed by atoms with E-state index in [-0.39, 0.29) is 5.60 Å². The van der Waals surface area contributed by atoms with Crippen LogP contribution in [0.1, 0.15) is 33.1 Å². The van der Waals surface area contributed by atoms with Gasteiger partial charge >= 0.3 is 0 Å². The van der Waals surface area contributed by atoms with Crippen LogP contribution in [0.5, 0.6) is 0 Å². The Kier molecular flexibility index (Phi) is 5.01. The van der Waals surface area contributed by atoms with Crippen LogP contribution in [0.3, 0.4) is 0 Å². The Balaban J connectivity index is 1.90. The number of rotatable bonds is 3. The number of methoxy groups -OCH3 is 1. The van der Waals surface area contributed by atoms with Gasteiger partial charge in [0.15, 0.2) is 0 Å². The fraction of sp³-hybridized carbons (Fsp3) is 1.00. The summed E-state index contributed by atoms with van der Waals surface area (Å²) in [5, 5.41) is 3.64. The molecular weight excluding hydrogens is 228 g/mol. The highest BCUT2D eigenvalue weighted by Crippen LogP contribution is 2.24. The fourth-order valence-corrected chi connectivity index (χ4v) is 3.02. The highest BCUT2D eigenvalue weighted by atomic mass is 16.5. The van der Waals surface area contributed by atoms with Gasteiger partial charge in [-0.15, -0.1) is 0 Å². The predicted octanol–water partition coefficient (Wildman–Crippen LogP) is 1.25. The lowest BCUT2D eigenvalue weighted by atomic mass is 10.0. The second-order valence-electron chi connectivity index (χ2n) is 6.01. The van der Waals surface area contributed by atoms with E-state index in [1.54, 1.807) is 0 Å². The molecule has 2 aliphatic heterocycles. The molecule has 2 rings (SSSR count). The first-order valence-electron chi connectivity index (χ1n) is 7.25. The van der Waals surface area contributed by atoms with Crippen LogP contribution in [-0.2, 0) is 9.47 Å². The number of hydrogen-bond acceptors (Lipinski definition) is 4. The molecule has 0 saturated carbocycles. The lowest BCUT2D eigenvalue weighted by Crippen LogP contribution is -2.49. The van der Waals surface area contributed by atoms with Crippen molar-refractivity contribution >= 4 is 0 Å². The molecule has 0 radical (unpaired) electrons. The molecule has 0 aromatic rings. The first-order chi connectivity index (χ1) is 8.63. The van der Waals surface area contributed by atoms with Crippen molar-refractivity contribution in [2.45, 2.75) is 50.8 Å². The van der Waals surface area contributed by atoms with Gasteiger partial charge in [-0.3, -0.25) is 0 Å². The third-order valence-electron chi connectivity index (χ3n) is 4.34. The van der Waals surface area contributed by atoms with E-state index in [9.17, 15) is 0 Å². The molecule has 1 N–H and O–H groups in total. The monoisotopic (exact) mass is 256 g/mol. The summed E-state index contributed by atoms with van der Waals surface area (Å²) in [6, 6.07) is 1.22. The molecule has 2 saturated heterocycles. The average molecular weight is 256 g/mol. The Bertz CT molecular complexity index is 242. The van der Waals surface area contributed by atoms with Gasteiger partial charge in [-0.05, 0) is 39.8 Å². The normalized spacial score (nSPS) is 39.5. The van der Waals surface area contributed by atoms with Crippen molar-refractivity contribution in [1.29, 1.82) is 0 Å². The number of nitrogens with one attached hydrogen (secondary N) is 1.